The highest BCUT2D eigenvalue weighted by Gasteiger charge is 2.06. The summed E-state index contributed by atoms with van der Waals surface area (Å²) in [6, 6.07) is 0. The molecule has 2 saturated carbocycles. The number of ketones is 2. The predicted molar refractivity (Wildman–Crippen MR) is 62.9 cm³/mol. The molecule has 2 aliphatic rings. The highest BCUT2D eigenvalue weighted by atomic mass is 16.1. The first-order valence-corrected chi connectivity index (χ1v) is 5.82. The molecule has 2 nitrogen and oxygen atoms in total. The summed E-state index contributed by atoms with van der Waals surface area (Å²) in [6.45, 7) is 0. The molecule has 0 unspecified atom stereocenters. The van der Waals surface area contributed by atoms with Gasteiger partial charge in [-0.2, -0.15) is 0 Å². The monoisotopic (exact) mass is 212 g/mol. The number of rotatable bonds is 0. The van der Waals surface area contributed by atoms with Gasteiger partial charge in [0.2, 0.25) is 0 Å². The molecule has 2 aliphatic carbocycles. The van der Waals surface area contributed by atoms with Gasteiger partial charge in [0.15, 0.2) is 0 Å². The quantitative estimate of drug-likeness (QED) is 0.614. The second-order valence-electron chi connectivity index (χ2n) is 4.20. The standard InChI is InChI=1S/2C6H10O.CH4/c2*7-6-4-2-1-3-5-6;/h2*1-5H2;1H4. The predicted octanol–water partition coefficient (Wildman–Crippen LogP) is 3.68. The molecule has 15 heavy (non-hydrogen) atoms. The molecule has 0 aromatic carbocycles. The fraction of sp³-hybridized carbons (Fsp3) is 0.846. The molecule has 88 valence electrons. The van der Waals surface area contributed by atoms with Crippen molar-refractivity contribution in [2.24, 2.45) is 0 Å². The fourth-order valence-corrected chi connectivity index (χ4v) is 1.89. The maximum atomic E-state index is 10.5. The van der Waals surface area contributed by atoms with Gasteiger partial charge in [-0.05, 0) is 25.7 Å². The molecule has 2 rings (SSSR count). The van der Waals surface area contributed by atoms with Crippen molar-refractivity contribution in [1.29, 1.82) is 0 Å². The summed E-state index contributed by atoms with van der Waals surface area (Å²) in [6.07, 6.45) is 10.5. The van der Waals surface area contributed by atoms with Gasteiger partial charge in [0.25, 0.3) is 0 Å². The number of hydrogen-bond acceptors (Lipinski definition) is 2. The van der Waals surface area contributed by atoms with E-state index in [0.717, 1.165) is 51.4 Å². The van der Waals surface area contributed by atoms with E-state index in [1.807, 2.05) is 0 Å². The van der Waals surface area contributed by atoms with E-state index in [-0.39, 0.29) is 7.43 Å². The summed E-state index contributed by atoms with van der Waals surface area (Å²) in [4.78, 5) is 20.9. The van der Waals surface area contributed by atoms with Gasteiger partial charge in [-0.1, -0.05) is 20.3 Å². The zero-order valence-corrected chi connectivity index (χ0v) is 8.89. The molecule has 2 fully saturated rings. The van der Waals surface area contributed by atoms with Crippen molar-refractivity contribution in [3.05, 3.63) is 0 Å². The molecule has 0 aromatic heterocycles. The largest absolute Gasteiger partial charge is 0.300 e. The fourth-order valence-electron chi connectivity index (χ4n) is 1.89. The number of hydrogen-bond donors (Lipinski definition) is 0. The van der Waals surface area contributed by atoms with Crippen molar-refractivity contribution in [1.82, 2.24) is 0 Å². The topological polar surface area (TPSA) is 34.1 Å². The molecule has 0 heterocycles. The molecule has 0 N–H and O–H groups in total. The first kappa shape index (κ1) is 14.3. The second-order valence-corrected chi connectivity index (χ2v) is 4.20. The first-order valence-electron chi connectivity index (χ1n) is 5.82. The zero-order chi connectivity index (χ0) is 10.2. The zero-order valence-electron chi connectivity index (χ0n) is 8.89. The van der Waals surface area contributed by atoms with E-state index in [1.54, 1.807) is 0 Å². The van der Waals surface area contributed by atoms with Crippen LogP contribution in [-0.2, 0) is 9.59 Å². The lowest BCUT2D eigenvalue weighted by molar-refractivity contribution is -0.121. The van der Waals surface area contributed by atoms with Gasteiger partial charge in [0.1, 0.15) is 11.6 Å². The Morgan fingerprint density at radius 1 is 0.533 bits per heavy atom. The van der Waals surface area contributed by atoms with Crippen LogP contribution in [0, 0.1) is 0 Å². The van der Waals surface area contributed by atoms with Gasteiger partial charge in [0, 0.05) is 25.7 Å². The number of Topliss-reactive ketones (excluding diaryl/α,β-unsaturated/α-hetero) is 2. The van der Waals surface area contributed by atoms with Crippen LogP contribution >= 0.6 is 0 Å². The molecule has 0 aromatic rings. The van der Waals surface area contributed by atoms with Crippen LogP contribution in [0.4, 0.5) is 0 Å². The Morgan fingerprint density at radius 2 is 0.800 bits per heavy atom. The van der Waals surface area contributed by atoms with Gasteiger partial charge in [0.05, 0.1) is 0 Å². The molecule has 0 spiro atoms. The van der Waals surface area contributed by atoms with Gasteiger partial charge in [-0.25, -0.2) is 0 Å². The Kier molecular flexibility index (Phi) is 8.25. The lowest BCUT2D eigenvalue weighted by Gasteiger charge is -2.05. The minimum atomic E-state index is 0. The summed E-state index contributed by atoms with van der Waals surface area (Å²) >= 11 is 0. The number of carbonyl (C=O) groups excluding carboxylic acids is 2. The van der Waals surface area contributed by atoms with Crippen molar-refractivity contribution in [2.75, 3.05) is 0 Å². The Labute approximate surface area is 93.4 Å². The van der Waals surface area contributed by atoms with Crippen molar-refractivity contribution in [2.45, 2.75) is 71.6 Å². The summed E-state index contributed by atoms with van der Waals surface area (Å²) in [5.41, 5.74) is 0. The Morgan fingerprint density at radius 3 is 0.933 bits per heavy atom. The normalized spacial score (nSPS) is 21.1. The lowest BCUT2D eigenvalue weighted by Crippen LogP contribution is -2.02. The Bertz CT molecular complexity index is 159. The maximum Gasteiger partial charge on any atom is 0.132 e. The third kappa shape index (κ3) is 7.29. The van der Waals surface area contributed by atoms with E-state index in [2.05, 4.69) is 0 Å². The maximum absolute atomic E-state index is 10.5. The van der Waals surface area contributed by atoms with Crippen LogP contribution in [0.2, 0.25) is 0 Å². The SMILES string of the molecule is C.O=C1CCCCC1.O=C1CCCCC1. The molecule has 0 amide bonds. The van der Waals surface area contributed by atoms with Crippen LogP contribution in [0.25, 0.3) is 0 Å². The van der Waals surface area contributed by atoms with Crippen LogP contribution in [0.1, 0.15) is 71.6 Å². The van der Waals surface area contributed by atoms with E-state index in [0.29, 0.717) is 11.6 Å². The minimum Gasteiger partial charge on any atom is -0.300 e. The van der Waals surface area contributed by atoms with Crippen molar-refractivity contribution >= 4 is 11.6 Å². The molecule has 0 bridgehead atoms. The summed E-state index contributed by atoms with van der Waals surface area (Å²) < 4.78 is 0. The van der Waals surface area contributed by atoms with E-state index in [4.69, 9.17) is 0 Å². The van der Waals surface area contributed by atoms with Crippen LogP contribution in [0.5, 0.6) is 0 Å². The number of carbonyl (C=O) groups is 2. The average Bonchev–Trinajstić information content (AvgIpc) is 2.21. The minimum absolute atomic E-state index is 0. The van der Waals surface area contributed by atoms with E-state index >= 15 is 0 Å². The van der Waals surface area contributed by atoms with Crippen LogP contribution in [-0.4, -0.2) is 11.6 Å². The van der Waals surface area contributed by atoms with E-state index < -0.39 is 0 Å². The molecular weight excluding hydrogens is 188 g/mol. The third-order valence-corrected chi connectivity index (χ3v) is 2.82. The first-order chi connectivity index (χ1) is 6.79. The molecule has 0 aliphatic heterocycles. The van der Waals surface area contributed by atoms with Crippen molar-refractivity contribution < 1.29 is 9.59 Å². The van der Waals surface area contributed by atoms with Crippen molar-refractivity contribution in [3.63, 3.8) is 0 Å². The van der Waals surface area contributed by atoms with Gasteiger partial charge < -0.3 is 0 Å². The lowest BCUT2D eigenvalue weighted by atomic mass is 10.00. The highest BCUT2D eigenvalue weighted by Crippen LogP contribution is 2.12. The Balaban J connectivity index is 0.000000245. The van der Waals surface area contributed by atoms with Gasteiger partial charge >= 0.3 is 0 Å². The van der Waals surface area contributed by atoms with Gasteiger partial charge in [-0.15, -0.1) is 0 Å². The smallest absolute Gasteiger partial charge is 0.132 e. The Hall–Kier alpha value is -0.660. The van der Waals surface area contributed by atoms with Crippen LogP contribution in [0.3, 0.4) is 0 Å². The molecular formula is C13H24O2. The van der Waals surface area contributed by atoms with Crippen LogP contribution in [0.15, 0.2) is 0 Å². The molecule has 0 atom stereocenters. The summed E-state index contributed by atoms with van der Waals surface area (Å²) in [7, 11) is 0. The molecule has 0 saturated heterocycles. The van der Waals surface area contributed by atoms with Gasteiger partial charge in [-0.3, -0.25) is 9.59 Å². The second kappa shape index (κ2) is 8.63. The van der Waals surface area contributed by atoms with Crippen molar-refractivity contribution in [3.8, 4) is 0 Å². The van der Waals surface area contributed by atoms with E-state index in [1.165, 1.54) is 12.8 Å². The van der Waals surface area contributed by atoms with E-state index in [9.17, 15) is 9.59 Å². The summed E-state index contributed by atoms with van der Waals surface area (Å²) in [5.74, 6) is 0.928. The summed E-state index contributed by atoms with van der Waals surface area (Å²) in [5, 5.41) is 0. The van der Waals surface area contributed by atoms with Crippen LogP contribution < -0.4 is 0 Å². The molecule has 2 heteroatoms. The molecule has 0 radical (unpaired) electrons. The highest BCUT2D eigenvalue weighted by molar-refractivity contribution is 5.79. The third-order valence-electron chi connectivity index (χ3n) is 2.82. The average molecular weight is 212 g/mol.